The van der Waals surface area contributed by atoms with Crippen molar-refractivity contribution in [3.8, 4) is 0 Å². The molecule has 1 aliphatic heterocycles. The average molecular weight is 544 g/mol. The molecule has 1 fully saturated rings. The molecule has 5 aromatic rings. The molecule has 0 N–H and O–H groups in total. The fourth-order valence-corrected chi connectivity index (χ4v) is 5.98. The van der Waals surface area contributed by atoms with E-state index in [2.05, 4.69) is 68.1 Å². The first kappa shape index (κ1) is 22.2. The van der Waals surface area contributed by atoms with Crippen LogP contribution in [0.1, 0.15) is 37.6 Å². The first-order chi connectivity index (χ1) is 17.4. The zero-order valence-corrected chi connectivity index (χ0v) is 21.9. The van der Waals surface area contributed by atoms with Gasteiger partial charge in [0, 0.05) is 28.4 Å². The fraction of sp³-hybridized carbons (Fsp3) is 0.321. The lowest BCUT2D eigenvalue weighted by Crippen LogP contribution is -2.27. The third-order valence-electron chi connectivity index (χ3n) is 7.35. The highest BCUT2D eigenvalue weighted by Gasteiger charge is 2.50. The summed E-state index contributed by atoms with van der Waals surface area (Å²) in [6.45, 7) is 6.02. The van der Waals surface area contributed by atoms with Crippen molar-refractivity contribution in [2.45, 2.75) is 57.6 Å². The molecule has 0 bridgehead atoms. The quantitative estimate of drug-likeness (QED) is 0.262. The number of benzene rings is 1. The highest BCUT2D eigenvalue weighted by molar-refractivity contribution is 9.10. The monoisotopic (exact) mass is 543 g/mol. The van der Waals surface area contributed by atoms with E-state index >= 15 is 0 Å². The van der Waals surface area contributed by atoms with Gasteiger partial charge in [0.2, 0.25) is 0 Å². The van der Waals surface area contributed by atoms with Gasteiger partial charge < -0.3 is 14.0 Å². The highest BCUT2D eigenvalue weighted by Crippen LogP contribution is 2.45. The van der Waals surface area contributed by atoms with E-state index in [1.165, 1.54) is 11.1 Å². The topological polar surface area (TPSA) is 66.5 Å². The Balaban J connectivity index is 1.22. The first-order valence-corrected chi connectivity index (χ1v) is 13.1. The summed E-state index contributed by atoms with van der Waals surface area (Å²) in [6.07, 6.45) is 11.6. The van der Waals surface area contributed by atoms with Crippen LogP contribution in [-0.4, -0.2) is 41.9 Å². The minimum atomic E-state index is -0.627. The number of aryl methyl sites for hydroxylation is 2. The number of fused-ring (bicyclic) bond motifs is 5. The van der Waals surface area contributed by atoms with Crippen molar-refractivity contribution < 1.29 is 9.47 Å². The molecule has 7 nitrogen and oxygen atoms in total. The second kappa shape index (κ2) is 7.96. The van der Waals surface area contributed by atoms with Crippen LogP contribution in [0, 0.1) is 6.92 Å². The summed E-state index contributed by atoms with van der Waals surface area (Å²) in [4.78, 5) is 14.0. The number of hydrogen-bond donors (Lipinski definition) is 0. The Morgan fingerprint density at radius 2 is 1.92 bits per heavy atom. The number of nitrogens with zero attached hydrogens (tertiary/aromatic N) is 5. The number of rotatable bonds is 4. The summed E-state index contributed by atoms with van der Waals surface area (Å²) in [5.41, 5.74) is 6.40. The molecule has 182 valence electrons. The lowest BCUT2D eigenvalue weighted by molar-refractivity contribution is -0.147. The Labute approximate surface area is 216 Å². The van der Waals surface area contributed by atoms with Crippen LogP contribution in [-0.2, 0) is 15.9 Å². The van der Waals surface area contributed by atoms with E-state index in [0.29, 0.717) is 0 Å². The Hall–Kier alpha value is -3.07. The third-order valence-corrected chi connectivity index (χ3v) is 8.15. The predicted molar refractivity (Wildman–Crippen MR) is 142 cm³/mol. The summed E-state index contributed by atoms with van der Waals surface area (Å²) in [5, 5.41) is 2.17. The summed E-state index contributed by atoms with van der Waals surface area (Å²) >= 11 is 3.59. The molecule has 4 aromatic heterocycles. The minimum absolute atomic E-state index is 0.00690. The number of pyridine rings is 1. The van der Waals surface area contributed by atoms with E-state index in [1.54, 1.807) is 6.20 Å². The van der Waals surface area contributed by atoms with E-state index in [0.717, 1.165) is 50.6 Å². The van der Waals surface area contributed by atoms with E-state index in [1.807, 2.05) is 37.7 Å². The zero-order chi connectivity index (χ0) is 24.6. The van der Waals surface area contributed by atoms with Gasteiger partial charge in [0.15, 0.2) is 5.79 Å². The van der Waals surface area contributed by atoms with Gasteiger partial charge in [0.05, 0.1) is 22.6 Å². The molecule has 0 radical (unpaired) electrons. The van der Waals surface area contributed by atoms with Gasteiger partial charge in [-0.05, 0) is 78.9 Å². The lowest BCUT2D eigenvalue weighted by atomic mass is 10.0. The van der Waals surface area contributed by atoms with Crippen LogP contribution in [0.15, 0.2) is 71.4 Å². The van der Waals surface area contributed by atoms with Crippen molar-refractivity contribution in [2.24, 2.45) is 0 Å². The van der Waals surface area contributed by atoms with Crippen LogP contribution in [0.3, 0.4) is 0 Å². The molecule has 8 heteroatoms. The number of hydrogen-bond acceptors (Lipinski definition) is 5. The molecule has 5 heterocycles. The van der Waals surface area contributed by atoms with E-state index in [-0.39, 0.29) is 18.2 Å². The molecular formula is C28H26BrN5O2. The molecule has 3 atom stereocenters. The fourth-order valence-electron chi connectivity index (χ4n) is 5.65. The highest BCUT2D eigenvalue weighted by atomic mass is 79.9. The Kier molecular flexibility index (Phi) is 4.90. The Bertz CT molecular complexity index is 1680. The van der Waals surface area contributed by atoms with Gasteiger partial charge in [-0.3, -0.25) is 9.38 Å². The largest absolute Gasteiger partial charge is 0.342 e. The molecule has 2 aliphatic rings. The Morgan fingerprint density at radius 3 is 2.81 bits per heavy atom. The van der Waals surface area contributed by atoms with Crippen LogP contribution >= 0.6 is 15.9 Å². The summed E-state index contributed by atoms with van der Waals surface area (Å²) in [5.74, 6) is -0.627. The molecule has 36 heavy (non-hydrogen) atoms. The maximum absolute atomic E-state index is 6.44. The molecular weight excluding hydrogens is 518 g/mol. The van der Waals surface area contributed by atoms with Crippen molar-refractivity contribution >= 4 is 43.5 Å². The van der Waals surface area contributed by atoms with E-state index < -0.39 is 5.79 Å². The standard InChI is InChI=1S/C28H26BrN5O2/c1-16-21(29)13-18-6-4-17(12-22(18)32-16)5-7-19-14-23(25-24(19)35-28(2,3)36-25)34-10-8-20-26-30-9-11-33(26)15-31-27(20)34/h4,6,8-15,23-25H,5,7H2,1-3H3/t23-,24-,25+/m1/s1. The molecule has 0 amide bonds. The molecule has 0 unspecified atom stereocenters. The molecule has 1 aliphatic carbocycles. The van der Waals surface area contributed by atoms with Gasteiger partial charge in [0.1, 0.15) is 29.8 Å². The maximum atomic E-state index is 6.44. The van der Waals surface area contributed by atoms with Gasteiger partial charge >= 0.3 is 0 Å². The van der Waals surface area contributed by atoms with Crippen molar-refractivity contribution in [3.05, 3.63) is 82.6 Å². The normalized spacial score (nSPS) is 23.1. The van der Waals surface area contributed by atoms with Crippen LogP contribution < -0.4 is 0 Å². The number of halogens is 1. The zero-order valence-electron chi connectivity index (χ0n) is 20.4. The van der Waals surface area contributed by atoms with Crippen LogP contribution in [0.25, 0.3) is 27.6 Å². The molecule has 0 saturated carbocycles. The van der Waals surface area contributed by atoms with Gasteiger partial charge in [0.25, 0.3) is 0 Å². The minimum Gasteiger partial charge on any atom is -0.342 e. The van der Waals surface area contributed by atoms with Crippen molar-refractivity contribution in [1.82, 2.24) is 23.9 Å². The van der Waals surface area contributed by atoms with Gasteiger partial charge in [-0.1, -0.05) is 18.2 Å². The molecule has 1 aromatic carbocycles. The van der Waals surface area contributed by atoms with Crippen molar-refractivity contribution in [2.75, 3.05) is 0 Å². The summed E-state index contributed by atoms with van der Waals surface area (Å²) in [6, 6.07) is 10.8. The molecule has 7 rings (SSSR count). The summed E-state index contributed by atoms with van der Waals surface area (Å²) < 4.78 is 18.0. The molecule has 0 spiro atoms. The second-order valence-electron chi connectivity index (χ2n) is 10.2. The SMILES string of the molecule is Cc1nc2cc(CCC3=C[C@@H](n4ccc5c4ncn4ccnc54)[C@@H]4OC(C)(C)O[C@H]34)ccc2cc1Br. The Morgan fingerprint density at radius 1 is 1.03 bits per heavy atom. The van der Waals surface area contributed by atoms with E-state index in [9.17, 15) is 0 Å². The average Bonchev–Trinajstić information content (AvgIpc) is 3.60. The number of ether oxygens (including phenoxy) is 2. The van der Waals surface area contributed by atoms with Gasteiger partial charge in [-0.2, -0.15) is 0 Å². The van der Waals surface area contributed by atoms with Crippen LogP contribution in [0.5, 0.6) is 0 Å². The van der Waals surface area contributed by atoms with Gasteiger partial charge in [-0.25, -0.2) is 9.97 Å². The van der Waals surface area contributed by atoms with Crippen LogP contribution in [0.2, 0.25) is 0 Å². The van der Waals surface area contributed by atoms with Gasteiger partial charge in [-0.15, -0.1) is 0 Å². The van der Waals surface area contributed by atoms with Crippen LogP contribution in [0.4, 0.5) is 0 Å². The predicted octanol–water partition coefficient (Wildman–Crippen LogP) is 5.94. The number of imidazole rings is 1. The first-order valence-electron chi connectivity index (χ1n) is 12.3. The van der Waals surface area contributed by atoms with Crippen molar-refractivity contribution in [1.29, 1.82) is 0 Å². The maximum Gasteiger partial charge on any atom is 0.164 e. The third kappa shape index (κ3) is 3.50. The lowest BCUT2D eigenvalue weighted by Gasteiger charge is -2.22. The van der Waals surface area contributed by atoms with Crippen molar-refractivity contribution in [3.63, 3.8) is 0 Å². The molecule has 1 saturated heterocycles. The summed E-state index contributed by atoms with van der Waals surface area (Å²) in [7, 11) is 0. The second-order valence-corrected chi connectivity index (χ2v) is 11.1. The number of aromatic nitrogens is 5. The smallest absolute Gasteiger partial charge is 0.164 e. The van der Waals surface area contributed by atoms with E-state index in [4.69, 9.17) is 19.4 Å².